The van der Waals surface area contributed by atoms with E-state index in [1.807, 2.05) is 0 Å². The second-order valence-corrected chi connectivity index (χ2v) is 23.4. The lowest BCUT2D eigenvalue weighted by Gasteiger charge is -2.14. The summed E-state index contributed by atoms with van der Waals surface area (Å²) in [6, 6.07) is 11.8. The molecule has 1 unspecified atom stereocenters. The number of nitrogens with zero attached hydrogens (tertiary/aromatic N) is 7. The number of halogens is 3. The number of phenols is 1. The average Bonchev–Trinajstić information content (AvgIpc) is 3.26. The number of aromatic hydroxyl groups is 1. The molecule has 0 saturated heterocycles. The van der Waals surface area contributed by atoms with Crippen molar-refractivity contribution in [1.29, 1.82) is 0 Å². The Hall–Kier alpha value is -6.18. The van der Waals surface area contributed by atoms with Crippen molar-refractivity contribution in [2.75, 3.05) is 27.0 Å². The van der Waals surface area contributed by atoms with Gasteiger partial charge in [-0.15, -0.1) is 20.5 Å². The number of nitrogen functional groups attached to an aromatic ring is 1. The lowest BCUT2D eigenvalue weighted by Crippen LogP contribution is -2.23. The highest BCUT2D eigenvalue weighted by molar-refractivity contribution is 9.12. The molecule has 10 N–H and O–H groups in total. The van der Waals surface area contributed by atoms with Crippen molar-refractivity contribution in [3.05, 3.63) is 90.1 Å². The summed E-state index contributed by atoms with van der Waals surface area (Å²) in [5, 5.41) is 33.3. The summed E-state index contributed by atoms with van der Waals surface area (Å²) >= 11 is 12.3. The number of nitrogens with two attached hydrogens (primary N) is 1. The van der Waals surface area contributed by atoms with Gasteiger partial charge in [-0.3, -0.25) is 23.0 Å². The van der Waals surface area contributed by atoms with Crippen LogP contribution in [0.1, 0.15) is 0 Å². The van der Waals surface area contributed by atoms with Gasteiger partial charge in [0.2, 0.25) is 23.1 Å². The number of nitrogens with one attached hydrogen (secondary N) is 3. The third-order valence-electron chi connectivity index (χ3n) is 9.07. The smallest absolute Gasteiger partial charge is 0.296 e. The summed E-state index contributed by atoms with van der Waals surface area (Å²) in [7, 11) is -25.0. The Balaban J connectivity index is 1.46. The number of benzene rings is 5. The van der Waals surface area contributed by atoms with E-state index < -0.39 is 126 Å². The number of fused-ring (bicyclic) bond motifs is 1. The molecule has 374 valence electrons. The van der Waals surface area contributed by atoms with Gasteiger partial charge in [0.05, 0.1) is 16.0 Å². The van der Waals surface area contributed by atoms with E-state index in [9.17, 15) is 70.2 Å². The molecule has 0 saturated carbocycles. The summed E-state index contributed by atoms with van der Waals surface area (Å²) in [4.78, 5) is 19.2. The lowest BCUT2D eigenvalue weighted by atomic mass is 10.1. The van der Waals surface area contributed by atoms with Crippen molar-refractivity contribution in [3.8, 4) is 5.75 Å². The van der Waals surface area contributed by atoms with Crippen molar-refractivity contribution in [2.45, 2.75) is 29.3 Å². The monoisotopic (exact) mass is 1220 g/mol. The van der Waals surface area contributed by atoms with Gasteiger partial charge in [-0.2, -0.15) is 48.6 Å². The molecule has 5 aromatic carbocycles. The summed E-state index contributed by atoms with van der Waals surface area (Å²) in [6.07, 6.45) is 0. The molecule has 0 aliphatic rings. The first-order chi connectivity index (χ1) is 32.9. The van der Waals surface area contributed by atoms with Crippen LogP contribution in [0.25, 0.3) is 10.8 Å². The minimum atomic E-state index is -5.51. The molecule has 1 aromatic heterocycles. The van der Waals surface area contributed by atoms with Crippen LogP contribution < -0.4 is 21.7 Å². The topological polar surface area (TPSA) is 439 Å². The Labute approximate surface area is 422 Å². The van der Waals surface area contributed by atoms with Crippen LogP contribution in [-0.4, -0.2) is 96.4 Å². The number of amides is 1. The Morgan fingerprint density at radius 2 is 1.13 bits per heavy atom. The molecule has 35 heteroatoms. The first-order valence-corrected chi connectivity index (χ1v) is 28.2. The maximum atomic E-state index is 12.7. The molecule has 0 aliphatic heterocycles. The molecular weight excluding hydrogens is 1200 g/mol. The van der Waals surface area contributed by atoms with Gasteiger partial charge < -0.3 is 26.8 Å². The van der Waals surface area contributed by atoms with Crippen LogP contribution in [0.5, 0.6) is 5.75 Å². The Kier molecular flexibility index (Phi) is 15.6. The summed E-state index contributed by atoms with van der Waals surface area (Å²) < 4.78 is 165. The van der Waals surface area contributed by atoms with Crippen LogP contribution in [0.15, 0.2) is 130 Å². The zero-order chi connectivity index (χ0) is 52.6. The van der Waals surface area contributed by atoms with E-state index in [0.717, 1.165) is 41.8 Å². The van der Waals surface area contributed by atoms with Crippen LogP contribution in [-0.2, 0) is 55.1 Å². The minimum Gasteiger partial charge on any atom is -0.505 e. The molecule has 1 amide bonds. The molecule has 6 aromatic rings. The Morgan fingerprint density at radius 3 is 1.62 bits per heavy atom. The summed E-state index contributed by atoms with van der Waals surface area (Å²) in [5.74, 6) is -2.45. The molecule has 27 nitrogen and oxygen atoms in total. The van der Waals surface area contributed by atoms with E-state index in [1.54, 1.807) is 0 Å². The molecule has 71 heavy (non-hydrogen) atoms. The number of phenolic OH excluding ortho intramolecular Hbond substituents is 1. The number of sulfone groups is 1. The fraction of sp³-hybridized carbons (Fsp3) is 0.0556. The van der Waals surface area contributed by atoms with Crippen LogP contribution >= 0.6 is 43.5 Å². The molecule has 0 fully saturated rings. The number of aromatic nitrogens is 3. The second kappa shape index (κ2) is 20.5. The van der Waals surface area contributed by atoms with E-state index >= 15 is 0 Å². The van der Waals surface area contributed by atoms with Gasteiger partial charge in [-0.1, -0.05) is 38.4 Å². The minimum absolute atomic E-state index is 0.0601. The van der Waals surface area contributed by atoms with Crippen molar-refractivity contribution in [2.24, 2.45) is 20.5 Å². The summed E-state index contributed by atoms with van der Waals surface area (Å²) in [6.45, 7) is 3.26. The van der Waals surface area contributed by atoms with Crippen LogP contribution in [0.2, 0.25) is 5.28 Å². The molecule has 1 atom stereocenters. The van der Waals surface area contributed by atoms with Gasteiger partial charge in [-0.25, -0.2) is 8.42 Å². The first-order valence-electron chi connectivity index (χ1n) is 18.5. The SMILES string of the molecule is C=CS(=O)(=O)c1ccc(Nc2nc(Cl)nc(Nc3ccc(S(=O)(=O)O)c(N=Nc4c(S(=O)(=O)O)cc5cc(S(=O)(=O)O)c(N=Nc6cc(NC(=O)C(Br)CBr)ccc6S(=O)(=O)O)c(N)c5c4O)c3)n2)cc1. The zero-order valence-corrected chi connectivity index (χ0v) is 42.6. The number of hydrogen-bond acceptors (Lipinski definition) is 22. The Bertz CT molecular complexity index is 3860. The Morgan fingerprint density at radius 1 is 0.676 bits per heavy atom. The van der Waals surface area contributed by atoms with Crippen LogP contribution in [0.3, 0.4) is 0 Å². The highest BCUT2D eigenvalue weighted by Crippen LogP contribution is 2.49. The third-order valence-corrected chi connectivity index (χ3v) is 16.4. The van der Waals surface area contributed by atoms with E-state index in [1.165, 1.54) is 24.3 Å². The standard InChI is InChI=1S/C36H28Br2ClN11O16S5/c1-2-67(53,54)20-7-3-17(4-8-20)42-35-44-34(39)45-36(46-35)43-19-6-10-25(69(58,59)60)23(14-19)48-50-31-27(71(64,65)66)12-16-11-26(70(61,62)63)30(29(40)28(16)32(31)51)49-47-22-13-18(41-33(52)21(38)15-37)5-9-24(22)68(55,56)57/h2-14,21,51H,1,15,40H2,(H,41,52)(H,55,56,57)(H,58,59,60)(H,61,62,63)(H,64,65,66)(H2,42,43,44,45,46). The summed E-state index contributed by atoms with van der Waals surface area (Å²) in [5.41, 5.74) is 1.60. The third kappa shape index (κ3) is 12.7. The predicted octanol–water partition coefficient (Wildman–Crippen LogP) is 7.28. The molecule has 0 radical (unpaired) electrons. The van der Waals surface area contributed by atoms with Crippen molar-refractivity contribution in [3.63, 3.8) is 0 Å². The first kappa shape index (κ1) is 54.2. The largest absolute Gasteiger partial charge is 0.505 e. The average molecular weight is 1230 g/mol. The van der Waals surface area contributed by atoms with E-state index in [-0.39, 0.29) is 38.8 Å². The van der Waals surface area contributed by atoms with Gasteiger partial charge in [-0.05, 0) is 89.8 Å². The van der Waals surface area contributed by atoms with Gasteiger partial charge in [0.1, 0.15) is 47.2 Å². The molecule has 0 spiro atoms. The number of carbonyl (C=O) groups excluding carboxylic acids is 1. The fourth-order valence-electron chi connectivity index (χ4n) is 5.93. The van der Waals surface area contributed by atoms with Gasteiger partial charge in [0, 0.05) is 27.8 Å². The van der Waals surface area contributed by atoms with Crippen LogP contribution in [0.4, 0.5) is 57.4 Å². The maximum Gasteiger partial charge on any atom is 0.296 e. The molecule has 6 rings (SSSR count). The fourth-order valence-corrected chi connectivity index (χ4v) is 9.74. The zero-order valence-electron chi connectivity index (χ0n) is 34.6. The van der Waals surface area contributed by atoms with Crippen molar-refractivity contribution in [1.82, 2.24) is 15.0 Å². The molecule has 0 aliphatic carbocycles. The number of hydrogen-bond donors (Lipinski definition) is 9. The quantitative estimate of drug-likeness (QED) is 0.0187. The van der Waals surface area contributed by atoms with E-state index in [4.69, 9.17) is 17.3 Å². The van der Waals surface area contributed by atoms with Gasteiger partial charge >= 0.3 is 0 Å². The normalized spacial score (nSPS) is 13.1. The predicted molar refractivity (Wildman–Crippen MR) is 261 cm³/mol. The molecule has 0 bridgehead atoms. The van der Waals surface area contributed by atoms with E-state index in [0.29, 0.717) is 17.8 Å². The van der Waals surface area contributed by atoms with Gasteiger partial charge in [0.25, 0.3) is 40.5 Å². The molecule has 1 heterocycles. The lowest BCUT2D eigenvalue weighted by molar-refractivity contribution is -0.115. The highest BCUT2D eigenvalue weighted by Gasteiger charge is 2.29. The number of anilines is 6. The number of alkyl halides is 2. The van der Waals surface area contributed by atoms with Crippen LogP contribution in [0, 0.1) is 0 Å². The number of carbonyl (C=O) groups is 1. The van der Waals surface area contributed by atoms with E-state index in [2.05, 4.69) is 89.8 Å². The second-order valence-electron chi connectivity index (χ2n) is 13.8. The highest BCUT2D eigenvalue weighted by atomic mass is 79.9. The van der Waals surface area contributed by atoms with Gasteiger partial charge in [0.15, 0.2) is 15.6 Å². The number of azo groups is 2. The molecular formula is C36H28Br2ClN11O16S5. The number of rotatable bonds is 17. The van der Waals surface area contributed by atoms with Crippen molar-refractivity contribution < 1.29 is 70.2 Å². The maximum absolute atomic E-state index is 12.7. The van der Waals surface area contributed by atoms with Crippen molar-refractivity contribution >= 4 is 168 Å².